The summed E-state index contributed by atoms with van der Waals surface area (Å²) in [5.41, 5.74) is -0.754. The van der Waals surface area contributed by atoms with Gasteiger partial charge in [0, 0.05) is 12.1 Å². The van der Waals surface area contributed by atoms with E-state index in [1.165, 1.54) is 0 Å². The van der Waals surface area contributed by atoms with Crippen molar-refractivity contribution in [1.29, 1.82) is 0 Å². The van der Waals surface area contributed by atoms with Gasteiger partial charge in [-0.15, -0.1) is 0 Å². The lowest BCUT2D eigenvalue weighted by Gasteiger charge is -2.08. The van der Waals surface area contributed by atoms with Crippen LogP contribution in [0, 0.1) is 5.92 Å². The van der Waals surface area contributed by atoms with E-state index >= 15 is 0 Å². The molecule has 0 radical (unpaired) electrons. The molecule has 0 aliphatic heterocycles. The average Bonchev–Trinajstić information content (AvgIpc) is 2.26. The highest BCUT2D eigenvalue weighted by Crippen LogP contribution is 2.28. The highest BCUT2D eigenvalue weighted by Gasteiger charge is 2.31. The highest BCUT2D eigenvalue weighted by molar-refractivity contribution is 5.95. The molecule has 88 valence electrons. The van der Waals surface area contributed by atoms with Gasteiger partial charge in [0.05, 0.1) is 5.56 Å². The molecule has 1 aromatic heterocycles. The first-order valence-electron chi connectivity index (χ1n) is 4.93. The van der Waals surface area contributed by atoms with Gasteiger partial charge in [-0.05, 0) is 18.6 Å². The summed E-state index contributed by atoms with van der Waals surface area (Å²) in [6.45, 7) is 3.56. The number of Topliss-reactive ketones (excluding diaryl/α,β-unsaturated/α-hetero) is 1. The molecule has 16 heavy (non-hydrogen) atoms. The molecule has 0 aliphatic carbocycles. The second-order valence-corrected chi connectivity index (χ2v) is 3.60. The summed E-state index contributed by atoms with van der Waals surface area (Å²) in [5, 5.41) is 0. The van der Waals surface area contributed by atoms with Crippen LogP contribution < -0.4 is 0 Å². The summed E-state index contributed by atoms with van der Waals surface area (Å²) >= 11 is 0. The lowest BCUT2D eigenvalue weighted by atomic mass is 10.0. The van der Waals surface area contributed by atoms with E-state index in [2.05, 4.69) is 4.98 Å². The van der Waals surface area contributed by atoms with Crippen molar-refractivity contribution in [1.82, 2.24) is 4.98 Å². The Hall–Kier alpha value is -1.39. The Morgan fingerprint density at radius 1 is 1.44 bits per heavy atom. The van der Waals surface area contributed by atoms with Crippen LogP contribution in [-0.4, -0.2) is 10.8 Å². The predicted molar refractivity (Wildman–Crippen MR) is 53.0 cm³/mol. The lowest BCUT2D eigenvalue weighted by molar-refractivity contribution is -0.137. The zero-order valence-corrected chi connectivity index (χ0v) is 9.01. The molecule has 1 rings (SSSR count). The van der Waals surface area contributed by atoms with Crippen molar-refractivity contribution < 1.29 is 18.0 Å². The molecule has 0 aliphatic rings. The number of nitrogens with zero attached hydrogens (tertiary/aromatic N) is 1. The minimum absolute atomic E-state index is 0.0855. The molecular weight excluding hydrogens is 219 g/mol. The predicted octanol–water partition coefficient (Wildman–Crippen LogP) is 3.33. The Kier molecular flexibility index (Phi) is 3.67. The second-order valence-electron chi connectivity index (χ2n) is 3.60. The summed E-state index contributed by atoms with van der Waals surface area (Å²) in [7, 11) is 0. The van der Waals surface area contributed by atoms with Crippen LogP contribution in [0.15, 0.2) is 18.3 Å². The van der Waals surface area contributed by atoms with Crippen LogP contribution in [0.3, 0.4) is 0 Å². The minimum Gasteiger partial charge on any atom is -0.292 e. The third-order valence-electron chi connectivity index (χ3n) is 2.40. The monoisotopic (exact) mass is 231 g/mol. The summed E-state index contributed by atoms with van der Waals surface area (Å²) in [4.78, 5) is 15.1. The van der Waals surface area contributed by atoms with Crippen LogP contribution in [0.25, 0.3) is 0 Å². The van der Waals surface area contributed by atoms with E-state index in [9.17, 15) is 18.0 Å². The zero-order chi connectivity index (χ0) is 12.3. The number of halogens is 3. The number of hydrogen-bond donors (Lipinski definition) is 0. The van der Waals surface area contributed by atoms with Crippen LogP contribution in [0.1, 0.15) is 36.3 Å². The van der Waals surface area contributed by atoms with Crippen LogP contribution >= 0.6 is 0 Å². The Balaban J connectivity index is 2.91. The number of hydrogen-bond acceptors (Lipinski definition) is 2. The SMILES string of the molecule is CCC(C)C(=O)c1ccc(C(F)(F)F)cn1. The van der Waals surface area contributed by atoms with E-state index < -0.39 is 11.7 Å². The van der Waals surface area contributed by atoms with Gasteiger partial charge in [0.15, 0.2) is 5.78 Å². The largest absolute Gasteiger partial charge is 0.417 e. The first-order valence-corrected chi connectivity index (χ1v) is 4.93. The molecule has 0 bridgehead atoms. The summed E-state index contributed by atoms with van der Waals surface area (Å²) in [6.07, 6.45) is -3.08. The number of aromatic nitrogens is 1. The van der Waals surface area contributed by atoms with E-state index in [4.69, 9.17) is 0 Å². The summed E-state index contributed by atoms with van der Waals surface area (Å²) in [6, 6.07) is 2.00. The smallest absolute Gasteiger partial charge is 0.292 e. The number of pyridine rings is 1. The van der Waals surface area contributed by atoms with Gasteiger partial charge in [0.25, 0.3) is 0 Å². The molecule has 0 N–H and O–H groups in total. The molecule has 1 heterocycles. The summed E-state index contributed by atoms with van der Waals surface area (Å²) in [5.74, 6) is -0.444. The van der Waals surface area contributed by atoms with Crippen molar-refractivity contribution in [3.8, 4) is 0 Å². The van der Waals surface area contributed by atoms with Gasteiger partial charge in [0.2, 0.25) is 0 Å². The Morgan fingerprint density at radius 3 is 2.44 bits per heavy atom. The molecule has 0 saturated heterocycles. The fourth-order valence-corrected chi connectivity index (χ4v) is 1.15. The number of alkyl halides is 3. The molecule has 0 spiro atoms. The molecule has 0 saturated carbocycles. The third-order valence-corrected chi connectivity index (χ3v) is 2.40. The van der Waals surface area contributed by atoms with Crippen molar-refractivity contribution >= 4 is 5.78 Å². The molecule has 1 unspecified atom stereocenters. The van der Waals surface area contributed by atoms with E-state index in [-0.39, 0.29) is 17.4 Å². The van der Waals surface area contributed by atoms with Crippen molar-refractivity contribution in [2.24, 2.45) is 5.92 Å². The molecule has 0 aromatic carbocycles. The topological polar surface area (TPSA) is 30.0 Å². The quantitative estimate of drug-likeness (QED) is 0.747. The van der Waals surface area contributed by atoms with Gasteiger partial charge in [-0.25, -0.2) is 0 Å². The maximum absolute atomic E-state index is 12.2. The van der Waals surface area contributed by atoms with E-state index in [0.717, 1.165) is 12.1 Å². The molecule has 1 atom stereocenters. The minimum atomic E-state index is -4.41. The van der Waals surface area contributed by atoms with Crippen LogP contribution in [0.5, 0.6) is 0 Å². The normalized spacial score (nSPS) is 13.6. The number of rotatable bonds is 3. The third kappa shape index (κ3) is 2.81. The number of ketones is 1. The molecule has 2 nitrogen and oxygen atoms in total. The van der Waals surface area contributed by atoms with Crippen molar-refractivity contribution in [2.75, 3.05) is 0 Å². The Labute approximate surface area is 91.5 Å². The van der Waals surface area contributed by atoms with Gasteiger partial charge in [-0.1, -0.05) is 13.8 Å². The summed E-state index contributed by atoms with van der Waals surface area (Å²) < 4.78 is 36.7. The molecule has 1 aromatic rings. The van der Waals surface area contributed by atoms with Crippen LogP contribution in [-0.2, 0) is 6.18 Å². The lowest BCUT2D eigenvalue weighted by Crippen LogP contribution is -2.13. The van der Waals surface area contributed by atoms with E-state index in [1.807, 2.05) is 6.92 Å². The number of carbonyl (C=O) groups is 1. The van der Waals surface area contributed by atoms with Crippen molar-refractivity contribution in [3.63, 3.8) is 0 Å². The van der Waals surface area contributed by atoms with E-state index in [0.29, 0.717) is 12.6 Å². The van der Waals surface area contributed by atoms with Gasteiger partial charge < -0.3 is 0 Å². The molecule has 5 heteroatoms. The first kappa shape index (κ1) is 12.7. The van der Waals surface area contributed by atoms with Crippen LogP contribution in [0.4, 0.5) is 13.2 Å². The maximum atomic E-state index is 12.2. The standard InChI is InChI=1S/C11H12F3NO/c1-3-7(2)10(16)9-5-4-8(6-15-9)11(12,13)14/h4-7H,3H2,1-2H3. The fourth-order valence-electron chi connectivity index (χ4n) is 1.15. The zero-order valence-electron chi connectivity index (χ0n) is 9.01. The Morgan fingerprint density at radius 2 is 2.06 bits per heavy atom. The molecule has 0 fully saturated rings. The fraction of sp³-hybridized carbons (Fsp3) is 0.455. The van der Waals surface area contributed by atoms with Gasteiger partial charge in [0.1, 0.15) is 5.69 Å². The second kappa shape index (κ2) is 4.63. The number of carbonyl (C=O) groups excluding carboxylic acids is 1. The highest BCUT2D eigenvalue weighted by atomic mass is 19.4. The maximum Gasteiger partial charge on any atom is 0.417 e. The van der Waals surface area contributed by atoms with Crippen molar-refractivity contribution in [3.05, 3.63) is 29.6 Å². The Bertz CT molecular complexity index is 370. The van der Waals surface area contributed by atoms with Crippen molar-refractivity contribution in [2.45, 2.75) is 26.4 Å². The first-order chi connectivity index (χ1) is 7.36. The van der Waals surface area contributed by atoms with Gasteiger partial charge in [-0.3, -0.25) is 9.78 Å². The average molecular weight is 231 g/mol. The van der Waals surface area contributed by atoms with Crippen LogP contribution in [0.2, 0.25) is 0 Å². The molecule has 0 amide bonds. The van der Waals surface area contributed by atoms with Gasteiger partial charge in [-0.2, -0.15) is 13.2 Å². The van der Waals surface area contributed by atoms with Gasteiger partial charge >= 0.3 is 6.18 Å². The molecular formula is C11H12F3NO. The van der Waals surface area contributed by atoms with E-state index in [1.54, 1.807) is 6.92 Å².